The normalized spacial score (nSPS) is 20.2. The third kappa shape index (κ3) is 4.72. The molecule has 132 valence electrons. The molecule has 0 atom stereocenters. The van der Waals surface area contributed by atoms with Gasteiger partial charge in [0.15, 0.2) is 0 Å². The lowest BCUT2D eigenvalue weighted by Crippen LogP contribution is -2.11. The second kappa shape index (κ2) is 8.33. The quantitative estimate of drug-likeness (QED) is 0.483. The van der Waals surface area contributed by atoms with E-state index in [0.717, 1.165) is 18.8 Å². The highest BCUT2D eigenvalue weighted by atomic mass is 16.5. The molecule has 2 nitrogen and oxygen atoms in total. The molecule has 1 fully saturated rings. The van der Waals surface area contributed by atoms with Gasteiger partial charge in [-0.1, -0.05) is 57.4 Å². The number of esters is 1. The van der Waals surface area contributed by atoms with Crippen molar-refractivity contribution in [3.05, 3.63) is 65.2 Å². The Morgan fingerprint density at radius 1 is 0.960 bits per heavy atom. The van der Waals surface area contributed by atoms with Gasteiger partial charge in [0.2, 0.25) is 0 Å². The predicted octanol–water partition coefficient (Wildman–Crippen LogP) is 6.15. The second-order valence-electron chi connectivity index (χ2n) is 7.36. The van der Waals surface area contributed by atoms with Crippen molar-refractivity contribution in [1.82, 2.24) is 0 Å². The molecule has 25 heavy (non-hydrogen) atoms. The molecule has 0 heterocycles. The average molecular weight is 336 g/mol. The topological polar surface area (TPSA) is 26.3 Å². The predicted molar refractivity (Wildman–Crippen MR) is 102 cm³/mol. The van der Waals surface area contributed by atoms with Crippen molar-refractivity contribution < 1.29 is 9.53 Å². The summed E-state index contributed by atoms with van der Waals surface area (Å²) in [5.41, 5.74) is 3.23. The van der Waals surface area contributed by atoms with Gasteiger partial charge in [-0.2, -0.15) is 0 Å². The largest absolute Gasteiger partial charge is 0.423 e. The van der Waals surface area contributed by atoms with E-state index < -0.39 is 0 Å². The van der Waals surface area contributed by atoms with E-state index in [0.29, 0.717) is 17.2 Å². The molecular weight excluding hydrogens is 308 g/mol. The van der Waals surface area contributed by atoms with Crippen LogP contribution in [0.1, 0.15) is 73.4 Å². The summed E-state index contributed by atoms with van der Waals surface area (Å²) in [7, 11) is 0. The third-order valence-electron chi connectivity index (χ3n) is 5.31. The number of carbonyl (C=O) groups excluding carboxylic acids is 1. The molecule has 0 N–H and O–H groups in total. The van der Waals surface area contributed by atoms with Crippen LogP contribution in [0.4, 0.5) is 0 Å². The van der Waals surface area contributed by atoms with Crippen molar-refractivity contribution in [2.24, 2.45) is 5.92 Å². The number of carbonyl (C=O) groups is 1. The summed E-state index contributed by atoms with van der Waals surface area (Å²) >= 11 is 0. The Bertz CT molecular complexity index is 677. The maximum absolute atomic E-state index is 12.3. The first kappa shape index (κ1) is 17.7. The van der Waals surface area contributed by atoms with Crippen molar-refractivity contribution in [1.29, 1.82) is 0 Å². The number of ether oxygens (including phenoxy) is 1. The Hall–Kier alpha value is -2.09. The van der Waals surface area contributed by atoms with Gasteiger partial charge in [0.25, 0.3) is 0 Å². The fraction of sp³-hybridized carbons (Fsp3) is 0.435. The molecule has 0 aliphatic heterocycles. The smallest absolute Gasteiger partial charge is 0.343 e. The number of benzene rings is 2. The van der Waals surface area contributed by atoms with Gasteiger partial charge in [0, 0.05) is 0 Å². The van der Waals surface area contributed by atoms with Crippen LogP contribution in [-0.2, 0) is 6.42 Å². The molecule has 0 unspecified atom stereocenters. The summed E-state index contributed by atoms with van der Waals surface area (Å²) in [5, 5.41) is 0. The van der Waals surface area contributed by atoms with Crippen molar-refractivity contribution in [2.45, 2.75) is 58.3 Å². The van der Waals surface area contributed by atoms with Crippen LogP contribution in [0.15, 0.2) is 48.5 Å². The van der Waals surface area contributed by atoms with Crippen molar-refractivity contribution >= 4 is 5.97 Å². The molecule has 0 radical (unpaired) electrons. The van der Waals surface area contributed by atoms with Crippen LogP contribution in [-0.4, -0.2) is 5.97 Å². The molecule has 0 saturated heterocycles. The summed E-state index contributed by atoms with van der Waals surface area (Å²) in [6.07, 6.45) is 7.31. The Kier molecular flexibility index (Phi) is 5.91. The van der Waals surface area contributed by atoms with Gasteiger partial charge in [0.1, 0.15) is 5.75 Å². The van der Waals surface area contributed by atoms with E-state index in [1.54, 1.807) is 0 Å². The minimum atomic E-state index is -0.290. The summed E-state index contributed by atoms with van der Waals surface area (Å²) in [5.74, 6) is 1.85. The summed E-state index contributed by atoms with van der Waals surface area (Å²) < 4.78 is 5.52. The van der Waals surface area contributed by atoms with Gasteiger partial charge in [-0.3, -0.25) is 0 Å². The lowest BCUT2D eigenvalue weighted by atomic mass is 9.79. The van der Waals surface area contributed by atoms with E-state index in [9.17, 15) is 4.79 Å². The van der Waals surface area contributed by atoms with Gasteiger partial charge in [0.05, 0.1) is 5.56 Å². The van der Waals surface area contributed by atoms with Gasteiger partial charge in [-0.05, 0) is 66.5 Å². The van der Waals surface area contributed by atoms with Crippen molar-refractivity contribution in [3.63, 3.8) is 0 Å². The monoisotopic (exact) mass is 336 g/mol. The zero-order valence-corrected chi connectivity index (χ0v) is 15.3. The molecule has 0 amide bonds. The zero-order chi connectivity index (χ0) is 17.6. The number of hydrogen-bond donors (Lipinski definition) is 0. The van der Waals surface area contributed by atoms with E-state index in [2.05, 4.69) is 26.0 Å². The van der Waals surface area contributed by atoms with E-state index in [1.165, 1.54) is 36.8 Å². The van der Waals surface area contributed by atoms with E-state index in [4.69, 9.17) is 4.74 Å². The molecule has 1 aliphatic rings. The zero-order valence-electron chi connectivity index (χ0n) is 15.3. The fourth-order valence-electron chi connectivity index (χ4n) is 3.66. The molecule has 2 heteroatoms. The third-order valence-corrected chi connectivity index (χ3v) is 5.31. The average Bonchev–Trinajstić information content (AvgIpc) is 2.64. The molecule has 0 aromatic heterocycles. The standard InChI is InChI=1S/C23H28O2/c1-3-4-18-7-11-21(12-8-18)23(24)25-22-15-13-20(14-16-22)19-9-5-17(2)6-10-19/h7-8,11-17,19H,3-6,9-10H2,1-2H3. The van der Waals surface area contributed by atoms with E-state index >= 15 is 0 Å². The minimum Gasteiger partial charge on any atom is -0.423 e. The number of hydrogen-bond acceptors (Lipinski definition) is 2. The molecule has 3 rings (SSSR count). The van der Waals surface area contributed by atoms with E-state index in [-0.39, 0.29) is 5.97 Å². The molecular formula is C23H28O2. The van der Waals surface area contributed by atoms with Crippen LogP contribution < -0.4 is 4.74 Å². The fourth-order valence-corrected chi connectivity index (χ4v) is 3.66. The van der Waals surface area contributed by atoms with Crippen LogP contribution in [0.25, 0.3) is 0 Å². The van der Waals surface area contributed by atoms with Crippen LogP contribution in [0.2, 0.25) is 0 Å². The molecule has 1 aliphatic carbocycles. The maximum atomic E-state index is 12.3. The van der Waals surface area contributed by atoms with Crippen molar-refractivity contribution in [3.8, 4) is 5.75 Å². The Labute approximate surface area is 151 Å². The van der Waals surface area contributed by atoms with Gasteiger partial charge in [-0.25, -0.2) is 4.79 Å². The minimum absolute atomic E-state index is 0.290. The summed E-state index contributed by atoms with van der Waals surface area (Å²) in [4.78, 5) is 12.3. The first-order valence-corrected chi connectivity index (χ1v) is 9.56. The number of aryl methyl sites for hydroxylation is 1. The highest BCUT2D eigenvalue weighted by molar-refractivity contribution is 5.91. The van der Waals surface area contributed by atoms with Crippen molar-refractivity contribution in [2.75, 3.05) is 0 Å². The lowest BCUT2D eigenvalue weighted by molar-refractivity contribution is 0.0734. The molecule has 2 aromatic carbocycles. The first-order valence-electron chi connectivity index (χ1n) is 9.56. The van der Waals surface area contributed by atoms with Crippen LogP contribution in [0, 0.1) is 5.92 Å². The molecule has 0 spiro atoms. The molecule has 1 saturated carbocycles. The molecule has 2 aromatic rings. The summed E-state index contributed by atoms with van der Waals surface area (Å²) in [6, 6.07) is 15.8. The second-order valence-corrected chi connectivity index (χ2v) is 7.36. The SMILES string of the molecule is CCCc1ccc(C(=O)Oc2ccc(C3CCC(C)CC3)cc2)cc1. The Morgan fingerprint density at radius 3 is 2.20 bits per heavy atom. The highest BCUT2D eigenvalue weighted by Crippen LogP contribution is 2.35. The van der Waals surface area contributed by atoms with Crippen LogP contribution >= 0.6 is 0 Å². The molecule has 0 bridgehead atoms. The van der Waals surface area contributed by atoms with Gasteiger partial charge >= 0.3 is 5.97 Å². The first-order chi connectivity index (χ1) is 12.2. The number of rotatable bonds is 5. The van der Waals surface area contributed by atoms with Crippen LogP contribution in [0.5, 0.6) is 5.75 Å². The Morgan fingerprint density at radius 2 is 1.60 bits per heavy atom. The van der Waals surface area contributed by atoms with Crippen LogP contribution in [0.3, 0.4) is 0 Å². The maximum Gasteiger partial charge on any atom is 0.343 e. The van der Waals surface area contributed by atoms with E-state index in [1.807, 2.05) is 36.4 Å². The summed E-state index contributed by atoms with van der Waals surface area (Å²) in [6.45, 7) is 4.49. The lowest BCUT2D eigenvalue weighted by Gasteiger charge is -2.26. The highest BCUT2D eigenvalue weighted by Gasteiger charge is 2.19. The van der Waals surface area contributed by atoms with Gasteiger partial charge < -0.3 is 4.74 Å². The Balaban J connectivity index is 1.60. The van der Waals surface area contributed by atoms with Gasteiger partial charge in [-0.15, -0.1) is 0 Å².